The molecule has 0 amide bonds. The highest BCUT2D eigenvalue weighted by Crippen LogP contribution is 2.30. The second-order valence-corrected chi connectivity index (χ2v) is 6.11. The summed E-state index contributed by atoms with van der Waals surface area (Å²) in [5.41, 5.74) is -1.15. The summed E-state index contributed by atoms with van der Waals surface area (Å²) in [5, 5.41) is 18.4. The summed E-state index contributed by atoms with van der Waals surface area (Å²) >= 11 is 0. The molecule has 0 radical (unpaired) electrons. The van der Waals surface area contributed by atoms with Crippen LogP contribution in [0.15, 0.2) is 17.0 Å². The van der Waals surface area contributed by atoms with Gasteiger partial charge in [-0.05, 0) is 6.07 Å². The van der Waals surface area contributed by atoms with E-state index in [4.69, 9.17) is 14.6 Å². The smallest absolute Gasteiger partial charge is 0.296 e. The molecular weight excluding hydrogens is 321 g/mol. The minimum atomic E-state index is -4.25. The summed E-state index contributed by atoms with van der Waals surface area (Å²) in [6.45, 7) is 1.18. The van der Waals surface area contributed by atoms with Gasteiger partial charge in [0.2, 0.25) is 10.0 Å². The normalized spacial score (nSPS) is 18.9. The van der Waals surface area contributed by atoms with E-state index in [-0.39, 0.29) is 19.3 Å². The maximum atomic E-state index is 14.0. The summed E-state index contributed by atoms with van der Waals surface area (Å²) in [7, 11) is -4.25. The van der Waals surface area contributed by atoms with Crippen LogP contribution in [0.25, 0.3) is 0 Å². The number of halogens is 1. The van der Waals surface area contributed by atoms with Gasteiger partial charge < -0.3 is 14.8 Å². The van der Waals surface area contributed by atoms with E-state index < -0.39 is 37.0 Å². The van der Waals surface area contributed by atoms with E-state index in [0.717, 1.165) is 0 Å². The topological polar surface area (TPSA) is 134 Å². The van der Waals surface area contributed by atoms with Crippen LogP contribution in [0.2, 0.25) is 0 Å². The van der Waals surface area contributed by atoms with Crippen molar-refractivity contribution in [2.45, 2.75) is 11.0 Å². The zero-order chi connectivity index (χ0) is 16.3. The van der Waals surface area contributed by atoms with Crippen LogP contribution in [-0.4, -0.2) is 45.8 Å². The molecule has 0 spiro atoms. The lowest BCUT2D eigenvalue weighted by molar-refractivity contribution is -0.384. The molecule has 11 heteroatoms. The van der Waals surface area contributed by atoms with Gasteiger partial charge in [-0.3, -0.25) is 10.1 Å². The van der Waals surface area contributed by atoms with E-state index in [1.54, 1.807) is 0 Å². The van der Waals surface area contributed by atoms with Crippen molar-refractivity contribution >= 4 is 21.4 Å². The molecule has 1 atom stereocenters. The molecule has 3 N–H and O–H groups in total. The lowest BCUT2D eigenvalue weighted by atomic mass is 10.2. The largest absolute Gasteiger partial charge is 0.376 e. The molecule has 1 fully saturated rings. The van der Waals surface area contributed by atoms with Gasteiger partial charge in [0.15, 0.2) is 5.82 Å². The van der Waals surface area contributed by atoms with Crippen LogP contribution >= 0.6 is 0 Å². The number of nitrogens with zero attached hydrogens (tertiary/aromatic N) is 1. The number of primary sulfonamides is 1. The maximum absolute atomic E-state index is 14.0. The fourth-order valence-electron chi connectivity index (χ4n) is 1.92. The Bertz CT molecular complexity index is 675. The second-order valence-electron chi connectivity index (χ2n) is 4.55. The third-order valence-electron chi connectivity index (χ3n) is 2.96. The third-order valence-corrected chi connectivity index (χ3v) is 3.85. The fourth-order valence-corrected chi connectivity index (χ4v) is 2.47. The Kier molecular flexibility index (Phi) is 4.90. The lowest BCUT2D eigenvalue weighted by Crippen LogP contribution is -2.34. The number of rotatable bonds is 5. The highest BCUT2D eigenvalue weighted by Gasteiger charge is 2.25. The molecule has 1 saturated heterocycles. The summed E-state index contributed by atoms with van der Waals surface area (Å²) in [6.07, 6.45) is -0.384. The van der Waals surface area contributed by atoms with E-state index in [1.165, 1.54) is 0 Å². The van der Waals surface area contributed by atoms with Gasteiger partial charge in [0.25, 0.3) is 5.69 Å². The quantitative estimate of drug-likeness (QED) is 0.580. The Balaban J connectivity index is 2.27. The van der Waals surface area contributed by atoms with Crippen molar-refractivity contribution in [3.05, 3.63) is 28.1 Å². The zero-order valence-corrected chi connectivity index (χ0v) is 12.1. The average Bonchev–Trinajstić information content (AvgIpc) is 2.45. The molecule has 0 aliphatic carbocycles. The van der Waals surface area contributed by atoms with E-state index in [9.17, 15) is 22.9 Å². The van der Waals surface area contributed by atoms with Crippen molar-refractivity contribution in [3.8, 4) is 0 Å². The number of hydrogen-bond donors (Lipinski definition) is 2. The minimum Gasteiger partial charge on any atom is -0.376 e. The Morgan fingerprint density at radius 2 is 2.18 bits per heavy atom. The number of hydrogen-bond acceptors (Lipinski definition) is 7. The molecular formula is C11H14FN3O6S. The second kappa shape index (κ2) is 6.52. The number of benzene rings is 1. The van der Waals surface area contributed by atoms with Crippen LogP contribution in [0, 0.1) is 15.9 Å². The minimum absolute atomic E-state index is 0.0759. The van der Waals surface area contributed by atoms with Crippen molar-refractivity contribution in [2.24, 2.45) is 5.14 Å². The van der Waals surface area contributed by atoms with E-state index in [0.29, 0.717) is 25.3 Å². The lowest BCUT2D eigenvalue weighted by Gasteiger charge is -2.23. The van der Waals surface area contributed by atoms with Gasteiger partial charge in [0.05, 0.1) is 35.7 Å². The van der Waals surface area contributed by atoms with Crippen LogP contribution in [0.5, 0.6) is 0 Å². The van der Waals surface area contributed by atoms with Crippen molar-refractivity contribution < 1.29 is 27.2 Å². The van der Waals surface area contributed by atoms with Gasteiger partial charge in [0, 0.05) is 12.6 Å². The molecule has 9 nitrogen and oxygen atoms in total. The molecule has 1 aliphatic rings. The summed E-state index contributed by atoms with van der Waals surface area (Å²) in [4.78, 5) is 9.45. The van der Waals surface area contributed by atoms with Crippen LogP contribution in [0.1, 0.15) is 0 Å². The number of ether oxygens (including phenoxy) is 2. The monoisotopic (exact) mass is 335 g/mol. The van der Waals surface area contributed by atoms with E-state index in [2.05, 4.69) is 5.32 Å². The number of nitrogens with two attached hydrogens (primary N) is 1. The van der Waals surface area contributed by atoms with Gasteiger partial charge in [0.1, 0.15) is 5.69 Å². The molecule has 0 bridgehead atoms. The van der Waals surface area contributed by atoms with Gasteiger partial charge >= 0.3 is 0 Å². The SMILES string of the molecule is NS(=O)(=O)c1cc(F)c(NC[C@H]2COCCO2)c([N+](=O)[O-])c1. The standard InChI is InChI=1S/C11H14FN3O6S/c12-9-3-8(22(13,18)19)4-10(15(16)17)11(9)14-5-7-6-20-1-2-21-7/h3-4,7,14H,1-2,5-6H2,(H2,13,18,19)/t7-/m0/s1. The molecule has 0 aromatic heterocycles. The molecule has 1 heterocycles. The molecule has 0 saturated carbocycles. The highest BCUT2D eigenvalue weighted by atomic mass is 32.2. The first-order chi connectivity index (χ1) is 10.3. The van der Waals surface area contributed by atoms with Gasteiger partial charge in [-0.1, -0.05) is 0 Å². The van der Waals surface area contributed by atoms with Gasteiger partial charge in [-0.15, -0.1) is 0 Å². The van der Waals surface area contributed by atoms with Gasteiger partial charge in [-0.2, -0.15) is 0 Å². The Labute approximate surface area is 125 Å². The van der Waals surface area contributed by atoms with Crippen LogP contribution in [0.4, 0.5) is 15.8 Å². The van der Waals surface area contributed by atoms with Crippen LogP contribution in [0.3, 0.4) is 0 Å². The van der Waals surface area contributed by atoms with Crippen molar-refractivity contribution in [1.29, 1.82) is 0 Å². The molecule has 122 valence electrons. The van der Waals surface area contributed by atoms with Crippen LogP contribution < -0.4 is 10.5 Å². The summed E-state index contributed by atoms with van der Waals surface area (Å²) in [5.74, 6) is -1.09. The number of nitro benzene ring substituents is 1. The number of nitrogens with one attached hydrogen (secondary N) is 1. The highest BCUT2D eigenvalue weighted by molar-refractivity contribution is 7.89. The van der Waals surface area contributed by atoms with Crippen molar-refractivity contribution in [3.63, 3.8) is 0 Å². The van der Waals surface area contributed by atoms with E-state index >= 15 is 0 Å². The average molecular weight is 335 g/mol. The Morgan fingerprint density at radius 1 is 1.45 bits per heavy atom. The van der Waals surface area contributed by atoms with Gasteiger partial charge in [-0.25, -0.2) is 17.9 Å². The molecule has 22 heavy (non-hydrogen) atoms. The first kappa shape index (κ1) is 16.5. The molecule has 0 unspecified atom stereocenters. The Hall–Kier alpha value is -1.82. The first-order valence-electron chi connectivity index (χ1n) is 6.23. The number of anilines is 1. The molecule has 2 rings (SSSR count). The molecule has 1 aromatic rings. The third kappa shape index (κ3) is 3.88. The zero-order valence-electron chi connectivity index (χ0n) is 11.3. The number of sulfonamides is 1. The maximum Gasteiger partial charge on any atom is 0.296 e. The molecule has 1 aliphatic heterocycles. The van der Waals surface area contributed by atoms with Crippen molar-refractivity contribution in [1.82, 2.24) is 0 Å². The fraction of sp³-hybridized carbons (Fsp3) is 0.455. The summed E-state index contributed by atoms with van der Waals surface area (Å²) < 4.78 is 46.9. The predicted molar refractivity (Wildman–Crippen MR) is 73.5 cm³/mol. The Morgan fingerprint density at radius 3 is 2.73 bits per heavy atom. The van der Waals surface area contributed by atoms with E-state index in [1.807, 2.05) is 0 Å². The van der Waals surface area contributed by atoms with Crippen molar-refractivity contribution in [2.75, 3.05) is 31.7 Å². The predicted octanol–water partition coefficient (Wildman–Crippen LogP) is 0.209. The number of nitro groups is 1. The first-order valence-corrected chi connectivity index (χ1v) is 7.77. The molecule has 1 aromatic carbocycles. The van der Waals surface area contributed by atoms with Crippen LogP contribution in [-0.2, 0) is 19.5 Å². The summed E-state index contributed by atoms with van der Waals surface area (Å²) in [6, 6.07) is 1.34.